The number of carbonyl (C=O) groups excluding carboxylic acids is 1. The van der Waals surface area contributed by atoms with Gasteiger partial charge in [0.1, 0.15) is 5.75 Å². The highest BCUT2D eigenvalue weighted by atomic mass is 16.5. The Morgan fingerprint density at radius 2 is 1.67 bits per heavy atom. The normalized spacial score (nSPS) is 15.5. The van der Waals surface area contributed by atoms with Gasteiger partial charge >= 0.3 is 0 Å². The van der Waals surface area contributed by atoms with Gasteiger partial charge in [0.15, 0.2) is 6.61 Å². The number of rotatable bonds is 7. The number of likely N-dealkylation sites (tertiary alicyclic amines) is 1. The van der Waals surface area contributed by atoms with Crippen molar-refractivity contribution in [2.24, 2.45) is 0 Å². The first-order valence-corrected chi connectivity index (χ1v) is 9.81. The van der Waals surface area contributed by atoms with Crippen LogP contribution in [0.2, 0.25) is 0 Å². The number of para-hydroxylation sites is 1. The maximum absolute atomic E-state index is 12.4. The minimum Gasteiger partial charge on any atom is -0.483 e. The van der Waals surface area contributed by atoms with Crippen LogP contribution in [0, 0.1) is 20.8 Å². The molecule has 4 heteroatoms. The van der Waals surface area contributed by atoms with Crippen molar-refractivity contribution in [2.75, 3.05) is 26.2 Å². The van der Waals surface area contributed by atoms with Crippen LogP contribution in [0.3, 0.4) is 0 Å². The number of ether oxygens (including phenoxy) is 1. The summed E-state index contributed by atoms with van der Waals surface area (Å²) in [6, 6.07) is 14.9. The first-order valence-electron chi connectivity index (χ1n) is 9.81. The summed E-state index contributed by atoms with van der Waals surface area (Å²) in [4.78, 5) is 14.9. The molecule has 2 aromatic rings. The summed E-state index contributed by atoms with van der Waals surface area (Å²) in [6.07, 6.45) is 2.46. The Balaban J connectivity index is 1.59. The molecule has 0 spiro atoms. The lowest BCUT2D eigenvalue weighted by atomic mass is 10.0. The number of nitrogens with zero attached hydrogens (tertiary/aromatic N) is 1. The molecule has 1 heterocycles. The molecule has 0 aromatic heterocycles. The summed E-state index contributed by atoms with van der Waals surface area (Å²) >= 11 is 0. The van der Waals surface area contributed by atoms with E-state index in [0.717, 1.165) is 30.0 Å². The van der Waals surface area contributed by atoms with Gasteiger partial charge in [-0.3, -0.25) is 9.69 Å². The standard InChI is InChI=1S/C23H30N2O2/c1-17-9-11-20(12-10-17)21(25-13-4-5-14-25)15-24-22(26)16-27-23-18(2)7-6-8-19(23)3/h6-12,21H,4-5,13-16H2,1-3H3,(H,24,26)/t21-/m1/s1. The summed E-state index contributed by atoms with van der Waals surface area (Å²) in [5, 5.41) is 3.08. The molecule has 1 N–H and O–H groups in total. The van der Waals surface area contributed by atoms with Crippen molar-refractivity contribution in [3.05, 3.63) is 64.7 Å². The van der Waals surface area contributed by atoms with Crippen LogP contribution in [-0.4, -0.2) is 37.0 Å². The van der Waals surface area contributed by atoms with Gasteiger partial charge in [-0.1, -0.05) is 48.0 Å². The number of benzene rings is 2. The number of nitrogens with one attached hydrogen (secondary N) is 1. The van der Waals surface area contributed by atoms with Crippen LogP contribution in [0.15, 0.2) is 42.5 Å². The second kappa shape index (κ2) is 9.05. The van der Waals surface area contributed by atoms with Gasteiger partial charge in [0.05, 0.1) is 6.04 Å². The number of hydrogen-bond acceptors (Lipinski definition) is 3. The zero-order valence-corrected chi connectivity index (χ0v) is 16.6. The van der Waals surface area contributed by atoms with Crippen molar-refractivity contribution in [3.63, 3.8) is 0 Å². The zero-order valence-electron chi connectivity index (χ0n) is 16.6. The van der Waals surface area contributed by atoms with E-state index in [-0.39, 0.29) is 18.6 Å². The van der Waals surface area contributed by atoms with Crippen molar-refractivity contribution in [3.8, 4) is 5.75 Å². The summed E-state index contributed by atoms with van der Waals surface area (Å²) < 4.78 is 5.78. The number of amides is 1. The predicted molar refractivity (Wildman–Crippen MR) is 109 cm³/mol. The van der Waals surface area contributed by atoms with Crippen LogP contribution in [0.25, 0.3) is 0 Å². The molecule has 1 atom stereocenters. The first kappa shape index (κ1) is 19.4. The molecule has 144 valence electrons. The Morgan fingerprint density at radius 1 is 1.04 bits per heavy atom. The molecule has 2 aromatic carbocycles. The molecule has 27 heavy (non-hydrogen) atoms. The average molecular weight is 367 g/mol. The van der Waals surface area contributed by atoms with E-state index < -0.39 is 0 Å². The smallest absolute Gasteiger partial charge is 0.258 e. The Hall–Kier alpha value is -2.33. The minimum atomic E-state index is -0.0750. The van der Waals surface area contributed by atoms with Crippen molar-refractivity contribution in [1.29, 1.82) is 0 Å². The SMILES string of the molecule is Cc1ccc([C@@H](CNC(=O)COc2c(C)cccc2C)N2CCCC2)cc1. The number of hydrogen-bond donors (Lipinski definition) is 1. The molecular weight excluding hydrogens is 336 g/mol. The fourth-order valence-corrected chi connectivity index (χ4v) is 3.73. The van der Waals surface area contributed by atoms with Gasteiger partial charge in [-0.25, -0.2) is 0 Å². The average Bonchev–Trinajstić information content (AvgIpc) is 3.17. The first-order chi connectivity index (χ1) is 13.0. The quantitative estimate of drug-likeness (QED) is 0.807. The third kappa shape index (κ3) is 5.10. The van der Waals surface area contributed by atoms with E-state index in [1.54, 1.807) is 0 Å². The van der Waals surface area contributed by atoms with Crippen LogP contribution in [0.5, 0.6) is 5.75 Å². The lowest BCUT2D eigenvalue weighted by Gasteiger charge is -2.28. The van der Waals surface area contributed by atoms with Crippen LogP contribution in [-0.2, 0) is 4.79 Å². The minimum absolute atomic E-state index is 0.0479. The van der Waals surface area contributed by atoms with Gasteiger partial charge in [0.25, 0.3) is 5.91 Å². The van der Waals surface area contributed by atoms with Gasteiger partial charge in [-0.15, -0.1) is 0 Å². The lowest BCUT2D eigenvalue weighted by Crippen LogP contribution is -2.38. The monoisotopic (exact) mass is 366 g/mol. The highest BCUT2D eigenvalue weighted by Crippen LogP contribution is 2.25. The van der Waals surface area contributed by atoms with Crippen LogP contribution >= 0.6 is 0 Å². The Labute approximate surface area is 162 Å². The van der Waals surface area contributed by atoms with E-state index in [4.69, 9.17) is 4.74 Å². The molecule has 4 nitrogen and oxygen atoms in total. The predicted octanol–water partition coefficient (Wildman–Crippen LogP) is 3.94. The van der Waals surface area contributed by atoms with Gasteiger partial charge in [0, 0.05) is 6.54 Å². The fourth-order valence-electron chi connectivity index (χ4n) is 3.73. The number of aryl methyl sites for hydroxylation is 3. The van der Waals surface area contributed by atoms with Crippen molar-refractivity contribution in [1.82, 2.24) is 10.2 Å². The topological polar surface area (TPSA) is 41.6 Å². The fraction of sp³-hybridized carbons (Fsp3) is 0.435. The summed E-state index contributed by atoms with van der Waals surface area (Å²) in [5.41, 5.74) is 4.62. The summed E-state index contributed by atoms with van der Waals surface area (Å²) in [7, 11) is 0. The second-order valence-electron chi connectivity index (χ2n) is 7.48. The molecule has 0 bridgehead atoms. The molecule has 1 aliphatic heterocycles. The molecule has 3 rings (SSSR count). The number of carbonyl (C=O) groups is 1. The molecular formula is C23H30N2O2. The molecule has 0 radical (unpaired) electrons. The van der Waals surface area contributed by atoms with E-state index in [1.165, 1.54) is 24.0 Å². The zero-order chi connectivity index (χ0) is 19.2. The van der Waals surface area contributed by atoms with Crippen LogP contribution in [0.4, 0.5) is 0 Å². The Morgan fingerprint density at radius 3 is 2.30 bits per heavy atom. The van der Waals surface area contributed by atoms with Crippen LogP contribution in [0.1, 0.15) is 41.1 Å². The van der Waals surface area contributed by atoms with Gasteiger partial charge in [0.2, 0.25) is 0 Å². The van der Waals surface area contributed by atoms with E-state index in [1.807, 2.05) is 32.0 Å². The highest BCUT2D eigenvalue weighted by Gasteiger charge is 2.24. The molecule has 1 aliphatic rings. The van der Waals surface area contributed by atoms with Gasteiger partial charge in [-0.2, -0.15) is 0 Å². The molecule has 1 amide bonds. The van der Waals surface area contributed by atoms with Gasteiger partial charge < -0.3 is 10.1 Å². The molecule has 0 unspecified atom stereocenters. The maximum atomic E-state index is 12.4. The molecule has 1 saturated heterocycles. The summed E-state index contributed by atoms with van der Waals surface area (Å²) in [6.45, 7) is 8.94. The summed E-state index contributed by atoms with van der Waals surface area (Å²) in [5.74, 6) is 0.733. The largest absolute Gasteiger partial charge is 0.483 e. The Kier molecular flexibility index (Phi) is 6.51. The lowest BCUT2D eigenvalue weighted by molar-refractivity contribution is -0.123. The maximum Gasteiger partial charge on any atom is 0.258 e. The van der Waals surface area contributed by atoms with E-state index in [9.17, 15) is 4.79 Å². The van der Waals surface area contributed by atoms with Crippen molar-refractivity contribution < 1.29 is 9.53 Å². The second-order valence-corrected chi connectivity index (χ2v) is 7.48. The molecule has 1 fully saturated rings. The third-order valence-corrected chi connectivity index (χ3v) is 5.29. The van der Waals surface area contributed by atoms with Crippen molar-refractivity contribution >= 4 is 5.91 Å². The molecule has 0 aliphatic carbocycles. The van der Waals surface area contributed by atoms with E-state index in [2.05, 4.69) is 41.4 Å². The Bertz CT molecular complexity index is 744. The van der Waals surface area contributed by atoms with E-state index >= 15 is 0 Å². The van der Waals surface area contributed by atoms with Crippen molar-refractivity contribution in [2.45, 2.75) is 39.7 Å². The van der Waals surface area contributed by atoms with E-state index in [0.29, 0.717) is 6.54 Å². The highest BCUT2D eigenvalue weighted by molar-refractivity contribution is 5.77. The van der Waals surface area contributed by atoms with Gasteiger partial charge in [-0.05, 0) is 63.4 Å². The third-order valence-electron chi connectivity index (χ3n) is 5.29. The van der Waals surface area contributed by atoms with Crippen LogP contribution < -0.4 is 10.1 Å². The molecule has 0 saturated carbocycles.